The van der Waals surface area contributed by atoms with Gasteiger partial charge in [-0.15, -0.1) is 0 Å². The van der Waals surface area contributed by atoms with E-state index in [0.29, 0.717) is 27.2 Å². The molecule has 3 aromatic rings. The Hall–Kier alpha value is -2.55. The zero-order valence-corrected chi connectivity index (χ0v) is 20.6. The molecule has 0 saturated carbocycles. The summed E-state index contributed by atoms with van der Waals surface area (Å²) in [6, 6.07) is 19.5. The van der Waals surface area contributed by atoms with E-state index in [2.05, 4.69) is 21.2 Å². The van der Waals surface area contributed by atoms with Crippen molar-refractivity contribution in [1.29, 1.82) is 0 Å². The SMILES string of the molecule is CC(NC(=O)N(C)S(=O)(=O)c1ccc(Cl)cc1)c1cc(Br)ccc1OCc1ccccc1. The summed E-state index contributed by atoms with van der Waals surface area (Å²) in [4.78, 5) is 12.7. The van der Waals surface area contributed by atoms with Gasteiger partial charge < -0.3 is 10.1 Å². The number of halogens is 2. The minimum Gasteiger partial charge on any atom is -0.489 e. The number of ether oxygens (including phenoxy) is 1. The second-order valence-corrected chi connectivity index (χ2v) is 10.4. The molecule has 0 aliphatic heterocycles. The molecule has 3 aromatic carbocycles. The average molecular weight is 538 g/mol. The number of nitrogens with zero attached hydrogens (tertiary/aromatic N) is 1. The Morgan fingerprint density at radius 1 is 1.09 bits per heavy atom. The summed E-state index contributed by atoms with van der Waals surface area (Å²) in [5, 5.41) is 3.13. The Balaban J connectivity index is 1.75. The van der Waals surface area contributed by atoms with Crippen LogP contribution in [0, 0.1) is 0 Å². The van der Waals surface area contributed by atoms with Gasteiger partial charge in [-0.3, -0.25) is 0 Å². The molecule has 0 heterocycles. The van der Waals surface area contributed by atoms with E-state index in [9.17, 15) is 13.2 Å². The summed E-state index contributed by atoms with van der Waals surface area (Å²) in [5.41, 5.74) is 1.72. The quantitative estimate of drug-likeness (QED) is 0.415. The van der Waals surface area contributed by atoms with Crippen LogP contribution in [0.25, 0.3) is 0 Å². The monoisotopic (exact) mass is 536 g/mol. The lowest BCUT2D eigenvalue weighted by atomic mass is 10.1. The predicted molar refractivity (Wildman–Crippen MR) is 128 cm³/mol. The highest BCUT2D eigenvalue weighted by atomic mass is 79.9. The van der Waals surface area contributed by atoms with Crippen molar-refractivity contribution in [2.45, 2.75) is 24.5 Å². The molecule has 3 rings (SSSR count). The normalized spacial score (nSPS) is 12.1. The molecule has 0 aliphatic carbocycles. The number of benzene rings is 3. The zero-order valence-electron chi connectivity index (χ0n) is 17.5. The minimum atomic E-state index is -4.03. The van der Waals surface area contributed by atoms with Gasteiger partial charge in [-0.2, -0.15) is 0 Å². The molecule has 0 spiro atoms. The number of urea groups is 1. The molecule has 0 aromatic heterocycles. The van der Waals surface area contributed by atoms with Gasteiger partial charge in [-0.1, -0.05) is 57.9 Å². The maximum absolute atomic E-state index is 12.8. The van der Waals surface area contributed by atoms with E-state index >= 15 is 0 Å². The number of amides is 2. The first kappa shape index (κ1) is 24.1. The molecule has 0 fully saturated rings. The number of rotatable bonds is 7. The summed E-state index contributed by atoms with van der Waals surface area (Å²) in [7, 11) is -2.82. The van der Waals surface area contributed by atoms with Crippen LogP contribution in [-0.4, -0.2) is 25.8 Å². The van der Waals surface area contributed by atoms with Gasteiger partial charge in [0.1, 0.15) is 12.4 Å². The van der Waals surface area contributed by atoms with E-state index in [1.807, 2.05) is 42.5 Å². The fourth-order valence-electron chi connectivity index (χ4n) is 2.95. The van der Waals surface area contributed by atoms with Crippen LogP contribution in [0.1, 0.15) is 24.1 Å². The lowest BCUT2D eigenvalue weighted by Gasteiger charge is -2.23. The van der Waals surface area contributed by atoms with Gasteiger partial charge >= 0.3 is 6.03 Å². The van der Waals surface area contributed by atoms with Crippen LogP contribution in [0.3, 0.4) is 0 Å². The largest absolute Gasteiger partial charge is 0.489 e. The van der Waals surface area contributed by atoms with Crippen molar-refractivity contribution in [1.82, 2.24) is 9.62 Å². The van der Waals surface area contributed by atoms with Crippen molar-refractivity contribution in [3.05, 3.63) is 93.4 Å². The molecular formula is C23H22BrClN2O4S. The Morgan fingerprint density at radius 2 is 1.75 bits per heavy atom. The van der Waals surface area contributed by atoms with Crippen LogP contribution in [-0.2, 0) is 16.6 Å². The van der Waals surface area contributed by atoms with Gasteiger partial charge in [0.25, 0.3) is 10.0 Å². The number of hydrogen-bond donors (Lipinski definition) is 1. The van der Waals surface area contributed by atoms with Crippen LogP contribution < -0.4 is 10.1 Å². The van der Waals surface area contributed by atoms with Crippen molar-refractivity contribution in [2.75, 3.05) is 7.05 Å². The van der Waals surface area contributed by atoms with Crippen molar-refractivity contribution < 1.29 is 17.9 Å². The van der Waals surface area contributed by atoms with Crippen molar-refractivity contribution in [3.63, 3.8) is 0 Å². The smallest absolute Gasteiger partial charge is 0.331 e. The Morgan fingerprint density at radius 3 is 2.41 bits per heavy atom. The molecule has 0 bridgehead atoms. The highest BCUT2D eigenvalue weighted by molar-refractivity contribution is 9.10. The van der Waals surface area contributed by atoms with Crippen molar-refractivity contribution in [3.8, 4) is 5.75 Å². The minimum absolute atomic E-state index is 0.0263. The zero-order chi connectivity index (χ0) is 23.3. The van der Waals surface area contributed by atoms with Crippen LogP contribution in [0.2, 0.25) is 5.02 Å². The molecular weight excluding hydrogens is 516 g/mol. The predicted octanol–water partition coefficient (Wildman–Crippen LogP) is 5.77. The maximum Gasteiger partial charge on any atom is 0.331 e. The second-order valence-electron chi connectivity index (χ2n) is 7.05. The number of hydrogen-bond acceptors (Lipinski definition) is 4. The molecule has 0 saturated heterocycles. The number of carbonyl (C=O) groups is 1. The van der Waals surface area contributed by atoms with Crippen LogP contribution in [0.15, 0.2) is 82.2 Å². The van der Waals surface area contributed by atoms with E-state index in [-0.39, 0.29) is 4.90 Å². The van der Waals surface area contributed by atoms with E-state index in [0.717, 1.165) is 10.0 Å². The van der Waals surface area contributed by atoms with Gasteiger partial charge in [0.15, 0.2) is 0 Å². The van der Waals surface area contributed by atoms with Gasteiger partial charge in [-0.25, -0.2) is 17.5 Å². The second kappa shape index (κ2) is 10.4. The molecule has 9 heteroatoms. The highest BCUT2D eigenvalue weighted by Gasteiger charge is 2.27. The fourth-order valence-corrected chi connectivity index (χ4v) is 4.52. The summed E-state index contributed by atoms with van der Waals surface area (Å²) in [5.74, 6) is 0.591. The Labute approximate surface area is 201 Å². The van der Waals surface area contributed by atoms with Crippen molar-refractivity contribution >= 4 is 43.6 Å². The van der Waals surface area contributed by atoms with Crippen molar-refractivity contribution in [2.24, 2.45) is 0 Å². The first-order chi connectivity index (χ1) is 15.2. The van der Waals surface area contributed by atoms with Gasteiger partial charge in [0, 0.05) is 22.1 Å². The van der Waals surface area contributed by atoms with E-state index in [4.69, 9.17) is 16.3 Å². The Kier molecular flexibility index (Phi) is 7.82. The molecule has 0 aliphatic rings. The summed E-state index contributed by atoms with van der Waals surface area (Å²) < 4.78 is 33.0. The number of carbonyl (C=O) groups excluding carboxylic acids is 1. The Bertz CT molecular complexity index is 1190. The molecule has 168 valence electrons. The van der Waals surface area contributed by atoms with Gasteiger partial charge in [0.05, 0.1) is 10.9 Å². The maximum atomic E-state index is 12.8. The average Bonchev–Trinajstić information content (AvgIpc) is 2.78. The molecule has 32 heavy (non-hydrogen) atoms. The fraction of sp³-hybridized carbons (Fsp3) is 0.174. The van der Waals surface area contributed by atoms with Crippen LogP contribution in [0.5, 0.6) is 5.75 Å². The van der Waals surface area contributed by atoms with E-state index < -0.39 is 22.1 Å². The first-order valence-electron chi connectivity index (χ1n) is 9.69. The lowest BCUT2D eigenvalue weighted by Crippen LogP contribution is -2.42. The van der Waals surface area contributed by atoms with Gasteiger partial charge in [-0.05, 0) is 55.0 Å². The summed E-state index contributed by atoms with van der Waals surface area (Å²) >= 11 is 9.27. The molecule has 1 unspecified atom stereocenters. The van der Waals surface area contributed by atoms with Crippen LogP contribution in [0.4, 0.5) is 4.79 Å². The third-order valence-corrected chi connectivity index (χ3v) is 7.27. The molecule has 6 nitrogen and oxygen atoms in total. The number of nitrogens with one attached hydrogen (secondary N) is 1. The standard InChI is InChI=1S/C23H22BrClN2O4S/c1-16(26-23(28)27(2)32(29,30)20-11-9-19(25)10-12-20)21-14-18(24)8-13-22(21)31-15-17-6-4-3-5-7-17/h3-14,16H,15H2,1-2H3,(H,26,28). The topological polar surface area (TPSA) is 75.7 Å². The summed E-state index contributed by atoms with van der Waals surface area (Å²) in [6.45, 7) is 2.12. The molecule has 0 radical (unpaired) electrons. The van der Waals surface area contributed by atoms with E-state index in [1.54, 1.807) is 13.0 Å². The molecule has 1 N–H and O–H groups in total. The molecule has 1 atom stereocenters. The number of sulfonamides is 1. The lowest BCUT2D eigenvalue weighted by molar-refractivity contribution is 0.224. The van der Waals surface area contributed by atoms with E-state index in [1.165, 1.54) is 31.3 Å². The highest BCUT2D eigenvalue weighted by Crippen LogP contribution is 2.30. The molecule has 2 amide bonds. The van der Waals surface area contributed by atoms with Gasteiger partial charge in [0.2, 0.25) is 0 Å². The first-order valence-corrected chi connectivity index (χ1v) is 12.3. The third-order valence-electron chi connectivity index (χ3n) is 4.77. The summed E-state index contributed by atoms with van der Waals surface area (Å²) in [6.07, 6.45) is 0. The third kappa shape index (κ3) is 5.82. The van der Waals surface area contributed by atoms with Crippen LogP contribution >= 0.6 is 27.5 Å².